The van der Waals surface area contributed by atoms with E-state index in [9.17, 15) is 0 Å². The van der Waals surface area contributed by atoms with E-state index in [0.717, 1.165) is 24.7 Å². The quantitative estimate of drug-likeness (QED) is 0.811. The monoisotopic (exact) mass is 233 g/mol. The lowest BCUT2D eigenvalue weighted by atomic mass is 9.75. The molecule has 1 fully saturated rings. The molecule has 1 aliphatic heterocycles. The van der Waals surface area contributed by atoms with Crippen LogP contribution < -0.4 is 10.6 Å². The number of aromatic nitrogens is 1. The maximum absolute atomic E-state index is 5.92. The number of nitrogen functional groups attached to an aromatic ring is 1. The maximum atomic E-state index is 5.92. The summed E-state index contributed by atoms with van der Waals surface area (Å²) in [5.74, 6) is 1.47. The summed E-state index contributed by atoms with van der Waals surface area (Å²) in [5.41, 5.74) is 7.44. The summed E-state index contributed by atoms with van der Waals surface area (Å²) in [6.07, 6.45) is 4.25. The molecule has 0 radical (unpaired) electrons. The first-order chi connectivity index (χ1) is 7.98. The molecular weight excluding hydrogens is 210 g/mol. The SMILES string of the molecule is CC(C)(C)C1CCN(c2cccnc2N)CC1. The molecule has 0 unspecified atom stereocenters. The van der Waals surface area contributed by atoms with Crippen molar-refractivity contribution < 1.29 is 0 Å². The van der Waals surface area contributed by atoms with Crippen molar-refractivity contribution >= 4 is 11.5 Å². The van der Waals surface area contributed by atoms with Gasteiger partial charge in [0.15, 0.2) is 0 Å². The molecule has 0 spiro atoms. The second-order valence-electron chi connectivity index (χ2n) is 6.04. The minimum Gasteiger partial charge on any atom is -0.382 e. The summed E-state index contributed by atoms with van der Waals surface area (Å²) >= 11 is 0. The van der Waals surface area contributed by atoms with Gasteiger partial charge < -0.3 is 10.6 Å². The van der Waals surface area contributed by atoms with Crippen LogP contribution in [-0.2, 0) is 0 Å². The van der Waals surface area contributed by atoms with E-state index in [2.05, 4.69) is 36.7 Å². The molecule has 0 amide bonds. The van der Waals surface area contributed by atoms with E-state index >= 15 is 0 Å². The Kier molecular flexibility index (Phi) is 3.27. The molecule has 17 heavy (non-hydrogen) atoms. The van der Waals surface area contributed by atoms with Crippen LogP contribution in [0.2, 0.25) is 0 Å². The first-order valence-corrected chi connectivity index (χ1v) is 6.44. The number of anilines is 2. The zero-order chi connectivity index (χ0) is 12.5. The van der Waals surface area contributed by atoms with Crippen LogP contribution in [0, 0.1) is 11.3 Å². The van der Waals surface area contributed by atoms with E-state index in [0.29, 0.717) is 11.2 Å². The van der Waals surface area contributed by atoms with Gasteiger partial charge in [0.2, 0.25) is 0 Å². The van der Waals surface area contributed by atoms with Crippen LogP contribution >= 0.6 is 0 Å². The van der Waals surface area contributed by atoms with Gasteiger partial charge in [-0.3, -0.25) is 0 Å². The molecule has 0 bridgehead atoms. The van der Waals surface area contributed by atoms with Crippen LogP contribution in [-0.4, -0.2) is 18.1 Å². The van der Waals surface area contributed by atoms with Crippen molar-refractivity contribution in [3.63, 3.8) is 0 Å². The number of nitrogens with two attached hydrogens (primary N) is 1. The fourth-order valence-electron chi connectivity index (χ4n) is 2.66. The molecule has 94 valence electrons. The predicted octanol–water partition coefficient (Wildman–Crippen LogP) is 2.93. The molecule has 2 heterocycles. The third-order valence-corrected chi connectivity index (χ3v) is 3.88. The van der Waals surface area contributed by atoms with Crippen molar-refractivity contribution in [3.8, 4) is 0 Å². The van der Waals surface area contributed by atoms with Gasteiger partial charge in [-0.15, -0.1) is 0 Å². The Morgan fingerprint density at radius 1 is 1.29 bits per heavy atom. The lowest BCUT2D eigenvalue weighted by Crippen LogP contribution is -2.38. The molecule has 3 nitrogen and oxygen atoms in total. The van der Waals surface area contributed by atoms with Gasteiger partial charge >= 0.3 is 0 Å². The van der Waals surface area contributed by atoms with E-state index < -0.39 is 0 Å². The van der Waals surface area contributed by atoms with Crippen molar-refractivity contribution in [2.24, 2.45) is 11.3 Å². The van der Waals surface area contributed by atoms with Crippen LogP contribution in [0.1, 0.15) is 33.6 Å². The molecule has 0 aromatic carbocycles. The Hall–Kier alpha value is -1.25. The van der Waals surface area contributed by atoms with Crippen molar-refractivity contribution in [3.05, 3.63) is 18.3 Å². The molecule has 3 heteroatoms. The Morgan fingerprint density at radius 2 is 1.94 bits per heavy atom. The van der Waals surface area contributed by atoms with Gasteiger partial charge in [-0.05, 0) is 36.3 Å². The zero-order valence-corrected chi connectivity index (χ0v) is 11.1. The van der Waals surface area contributed by atoms with Gasteiger partial charge in [0.05, 0.1) is 5.69 Å². The number of piperidine rings is 1. The second-order valence-corrected chi connectivity index (χ2v) is 6.04. The normalized spacial score (nSPS) is 18.4. The Labute approximate surface area is 104 Å². The maximum Gasteiger partial charge on any atom is 0.146 e. The number of pyridine rings is 1. The molecular formula is C14H23N3. The van der Waals surface area contributed by atoms with Gasteiger partial charge in [-0.2, -0.15) is 0 Å². The summed E-state index contributed by atoms with van der Waals surface area (Å²) in [5, 5.41) is 0. The van der Waals surface area contributed by atoms with Crippen molar-refractivity contribution in [1.29, 1.82) is 0 Å². The minimum absolute atomic E-state index is 0.423. The highest BCUT2D eigenvalue weighted by molar-refractivity contribution is 5.63. The average molecular weight is 233 g/mol. The summed E-state index contributed by atoms with van der Waals surface area (Å²) < 4.78 is 0. The first kappa shape index (κ1) is 12.2. The van der Waals surface area contributed by atoms with Gasteiger partial charge in [0.25, 0.3) is 0 Å². The van der Waals surface area contributed by atoms with Gasteiger partial charge in [-0.25, -0.2) is 4.98 Å². The zero-order valence-electron chi connectivity index (χ0n) is 11.1. The fraction of sp³-hybridized carbons (Fsp3) is 0.643. The van der Waals surface area contributed by atoms with E-state index in [1.165, 1.54) is 12.8 Å². The fourth-order valence-corrected chi connectivity index (χ4v) is 2.66. The predicted molar refractivity (Wildman–Crippen MR) is 73.0 cm³/mol. The van der Waals surface area contributed by atoms with E-state index in [1.807, 2.05) is 6.07 Å². The standard InChI is InChI=1S/C14H23N3/c1-14(2,3)11-6-9-17(10-7-11)12-5-4-8-16-13(12)15/h4-5,8,11H,6-7,9-10H2,1-3H3,(H2,15,16). The molecule has 1 aromatic heterocycles. The highest BCUT2D eigenvalue weighted by Gasteiger charge is 2.29. The topological polar surface area (TPSA) is 42.2 Å². The van der Waals surface area contributed by atoms with Crippen molar-refractivity contribution in [2.45, 2.75) is 33.6 Å². The highest BCUT2D eigenvalue weighted by atomic mass is 15.2. The first-order valence-electron chi connectivity index (χ1n) is 6.44. The van der Waals surface area contributed by atoms with Crippen LogP contribution in [0.25, 0.3) is 0 Å². The third kappa shape index (κ3) is 2.71. The van der Waals surface area contributed by atoms with E-state index in [-0.39, 0.29) is 0 Å². The summed E-state index contributed by atoms with van der Waals surface area (Å²) in [7, 11) is 0. The summed E-state index contributed by atoms with van der Waals surface area (Å²) in [6.45, 7) is 9.21. The summed E-state index contributed by atoms with van der Waals surface area (Å²) in [4.78, 5) is 6.52. The van der Waals surface area contributed by atoms with Gasteiger partial charge in [0, 0.05) is 19.3 Å². The Bertz CT molecular complexity index is 373. The van der Waals surface area contributed by atoms with Crippen LogP contribution in [0.5, 0.6) is 0 Å². The summed E-state index contributed by atoms with van der Waals surface area (Å²) in [6, 6.07) is 4.03. The Morgan fingerprint density at radius 3 is 2.47 bits per heavy atom. The number of hydrogen-bond acceptors (Lipinski definition) is 3. The second kappa shape index (κ2) is 4.55. The number of nitrogens with zero attached hydrogens (tertiary/aromatic N) is 2. The molecule has 1 aromatic rings. The molecule has 1 aliphatic rings. The van der Waals surface area contributed by atoms with Crippen molar-refractivity contribution in [2.75, 3.05) is 23.7 Å². The van der Waals surface area contributed by atoms with Crippen LogP contribution in [0.3, 0.4) is 0 Å². The molecule has 2 N–H and O–H groups in total. The van der Waals surface area contributed by atoms with Crippen molar-refractivity contribution in [1.82, 2.24) is 4.98 Å². The average Bonchev–Trinajstić information content (AvgIpc) is 2.29. The van der Waals surface area contributed by atoms with E-state index in [4.69, 9.17) is 5.73 Å². The lowest BCUT2D eigenvalue weighted by molar-refractivity contribution is 0.199. The highest BCUT2D eigenvalue weighted by Crippen LogP contribution is 2.36. The smallest absolute Gasteiger partial charge is 0.146 e. The Balaban J connectivity index is 2.03. The molecule has 0 aliphatic carbocycles. The largest absolute Gasteiger partial charge is 0.382 e. The van der Waals surface area contributed by atoms with Gasteiger partial charge in [0.1, 0.15) is 5.82 Å². The van der Waals surface area contributed by atoms with Gasteiger partial charge in [-0.1, -0.05) is 20.8 Å². The minimum atomic E-state index is 0.423. The number of hydrogen-bond donors (Lipinski definition) is 1. The van der Waals surface area contributed by atoms with Crippen LogP contribution in [0.4, 0.5) is 11.5 Å². The van der Waals surface area contributed by atoms with Crippen LogP contribution in [0.15, 0.2) is 18.3 Å². The van der Waals surface area contributed by atoms with E-state index in [1.54, 1.807) is 6.20 Å². The lowest BCUT2D eigenvalue weighted by Gasteiger charge is -2.39. The molecule has 1 saturated heterocycles. The molecule has 0 atom stereocenters. The third-order valence-electron chi connectivity index (χ3n) is 3.88. The molecule has 2 rings (SSSR count). The molecule has 0 saturated carbocycles. The number of rotatable bonds is 1.